The number of anilines is 1. The van der Waals surface area contributed by atoms with Gasteiger partial charge in [0.1, 0.15) is 0 Å². The number of hydrogen-bond donors (Lipinski definition) is 1. The molecule has 0 spiro atoms. The molecule has 0 aliphatic carbocycles. The van der Waals surface area contributed by atoms with Crippen LogP contribution in [0.1, 0.15) is 12.1 Å². The van der Waals surface area contributed by atoms with E-state index >= 15 is 0 Å². The van der Waals surface area contributed by atoms with Crippen LogP contribution < -0.4 is 14.8 Å². The second-order valence-corrected chi connectivity index (χ2v) is 6.69. The van der Waals surface area contributed by atoms with Crippen LogP contribution in [-0.2, 0) is 13.6 Å². The van der Waals surface area contributed by atoms with Gasteiger partial charge in [0.15, 0.2) is 16.6 Å². The Balaban J connectivity index is 1.59. The van der Waals surface area contributed by atoms with Crippen molar-refractivity contribution >= 4 is 38.3 Å². The monoisotopic (exact) mass is 350 g/mol. The Hall–Kier alpha value is -1.99. The average molecular weight is 351 g/mol. The highest BCUT2D eigenvalue weighted by atomic mass is 35.5. The van der Waals surface area contributed by atoms with Gasteiger partial charge in [0.2, 0.25) is 0 Å². The molecule has 4 rings (SSSR count). The fraction of sp³-hybridized carbons (Fsp3) is 0.333. The lowest BCUT2D eigenvalue weighted by Gasteiger charge is -2.05. The molecule has 0 fully saturated rings. The number of rotatable bonds is 3. The lowest BCUT2D eigenvalue weighted by atomic mass is 10.3. The lowest BCUT2D eigenvalue weighted by Crippen LogP contribution is -2.05. The van der Waals surface area contributed by atoms with Crippen molar-refractivity contribution < 1.29 is 9.47 Å². The maximum absolute atomic E-state index is 6.12. The lowest BCUT2D eigenvalue weighted by molar-refractivity contribution is 0.297. The minimum atomic E-state index is 0.571. The Bertz CT molecular complexity index is 798. The van der Waals surface area contributed by atoms with E-state index < -0.39 is 0 Å². The predicted octanol–water partition coefficient (Wildman–Crippen LogP) is 3.46. The van der Waals surface area contributed by atoms with E-state index in [-0.39, 0.29) is 0 Å². The summed E-state index contributed by atoms with van der Waals surface area (Å²) < 4.78 is 14.2. The molecule has 0 saturated heterocycles. The van der Waals surface area contributed by atoms with E-state index in [0.717, 1.165) is 39.0 Å². The van der Waals surface area contributed by atoms with Gasteiger partial charge in [0.05, 0.1) is 46.9 Å². The first kappa shape index (κ1) is 14.6. The van der Waals surface area contributed by atoms with E-state index in [1.807, 2.05) is 19.2 Å². The van der Waals surface area contributed by atoms with Crippen LogP contribution in [0, 0.1) is 0 Å². The van der Waals surface area contributed by atoms with E-state index in [1.54, 1.807) is 22.2 Å². The number of ether oxygens (including phenoxy) is 2. The first-order valence-electron chi connectivity index (χ1n) is 7.31. The Kier molecular flexibility index (Phi) is 3.74. The van der Waals surface area contributed by atoms with Crippen molar-refractivity contribution in [2.24, 2.45) is 7.05 Å². The molecule has 23 heavy (non-hydrogen) atoms. The summed E-state index contributed by atoms with van der Waals surface area (Å²) in [5, 5.41) is 8.91. The van der Waals surface area contributed by atoms with Crippen molar-refractivity contribution in [3.8, 4) is 11.5 Å². The second-order valence-electron chi connectivity index (χ2n) is 5.25. The van der Waals surface area contributed by atoms with E-state index in [1.165, 1.54) is 0 Å². The molecule has 0 saturated carbocycles. The molecular weight excluding hydrogens is 336 g/mol. The maximum Gasteiger partial charge on any atom is 0.184 e. The molecular formula is C15H15ClN4O2S. The zero-order valence-electron chi connectivity index (χ0n) is 12.5. The highest BCUT2D eigenvalue weighted by molar-refractivity contribution is 7.22. The molecule has 3 heterocycles. The van der Waals surface area contributed by atoms with Crippen molar-refractivity contribution in [3.63, 3.8) is 0 Å². The molecule has 1 aliphatic rings. The van der Waals surface area contributed by atoms with Crippen molar-refractivity contribution in [1.82, 2.24) is 14.8 Å². The third-order valence-electron chi connectivity index (χ3n) is 3.68. The topological polar surface area (TPSA) is 61.2 Å². The van der Waals surface area contributed by atoms with Crippen LogP contribution in [0.2, 0.25) is 5.02 Å². The Morgan fingerprint density at radius 3 is 2.83 bits per heavy atom. The molecule has 1 aliphatic heterocycles. The summed E-state index contributed by atoms with van der Waals surface area (Å²) in [7, 11) is 1.87. The quantitative estimate of drug-likeness (QED) is 0.783. The SMILES string of the molecule is Cn1ncc(Cl)c1CNc1nc2cc3c(cc2s1)OCCCO3. The fourth-order valence-electron chi connectivity index (χ4n) is 2.45. The molecule has 0 amide bonds. The van der Waals surface area contributed by atoms with Crippen LogP contribution in [0.4, 0.5) is 5.13 Å². The minimum Gasteiger partial charge on any atom is -0.490 e. The summed E-state index contributed by atoms with van der Waals surface area (Å²) in [5.41, 5.74) is 1.83. The van der Waals surface area contributed by atoms with Crippen LogP contribution in [0.25, 0.3) is 10.2 Å². The van der Waals surface area contributed by atoms with Gasteiger partial charge in [0.25, 0.3) is 0 Å². The number of thiazole rings is 1. The Morgan fingerprint density at radius 1 is 1.30 bits per heavy atom. The number of aromatic nitrogens is 3. The molecule has 0 atom stereocenters. The smallest absolute Gasteiger partial charge is 0.184 e. The van der Waals surface area contributed by atoms with Crippen molar-refractivity contribution in [2.45, 2.75) is 13.0 Å². The van der Waals surface area contributed by atoms with Crippen LogP contribution >= 0.6 is 22.9 Å². The highest BCUT2D eigenvalue weighted by Gasteiger charge is 2.15. The Morgan fingerprint density at radius 2 is 2.09 bits per heavy atom. The van der Waals surface area contributed by atoms with E-state index in [0.29, 0.717) is 24.8 Å². The molecule has 1 aromatic carbocycles. The highest BCUT2D eigenvalue weighted by Crippen LogP contribution is 2.37. The van der Waals surface area contributed by atoms with E-state index in [4.69, 9.17) is 21.1 Å². The largest absolute Gasteiger partial charge is 0.490 e. The Labute approximate surface area is 142 Å². The molecule has 8 heteroatoms. The molecule has 6 nitrogen and oxygen atoms in total. The zero-order chi connectivity index (χ0) is 15.8. The van der Waals surface area contributed by atoms with E-state index in [9.17, 15) is 0 Å². The fourth-order valence-corrected chi connectivity index (χ4v) is 3.56. The zero-order valence-corrected chi connectivity index (χ0v) is 14.1. The third kappa shape index (κ3) is 2.82. The summed E-state index contributed by atoms with van der Waals surface area (Å²) in [6.45, 7) is 1.93. The van der Waals surface area contributed by atoms with Crippen LogP contribution in [0.3, 0.4) is 0 Å². The van der Waals surface area contributed by atoms with Crippen molar-refractivity contribution in [3.05, 3.63) is 29.0 Å². The minimum absolute atomic E-state index is 0.571. The standard InChI is InChI=1S/C15H15ClN4O2S/c1-20-11(9(16)7-18-20)8-17-15-19-10-5-12-13(6-14(10)23-15)22-4-2-3-21-12/h5-7H,2-4,8H2,1H3,(H,17,19). The predicted molar refractivity (Wildman–Crippen MR) is 90.8 cm³/mol. The van der Waals surface area contributed by atoms with E-state index in [2.05, 4.69) is 15.4 Å². The molecule has 2 aromatic heterocycles. The summed E-state index contributed by atoms with van der Waals surface area (Å²) >= 11 is 7.70. The average Bonchev–Trinajstić information content (AvgIpc) is 2.98. The van der Waals surface area contributed by atoms with Crippen LogP contribution in [0.15, 0.2) is 18.3 Å². The molecule has 0 radical (unpaired) electrons. The summed E-state index contributed by atoms with van der Waals surface area (Å²) in [6.07, 6.45) is 2.54. The molecule has 1 N–H and O–H groups in total. The van der Waals surface area contributed by atoms with Gasteiger partial charge in [-0.15, -0.1) is 0 Å². The van der Waals surface area contributed by atoms with Crippen LogP contribution in [-0.4, -0.2) is 28.0 Å². The normalized spacial score (nSPS) is 14.0. The van der Waals surface area contributed by atoms with Gasteiger partial charge < -0.3 is 14.8 Å². The number of hydrogen-bond acceptors (Lipinski definition) is 6. The summed E-state index contributed by atoms with van der Waals surface area (Å²) in [4.78, 5) is 4.61. The summed E-state index contributed by atoms with van der Waals surface area (Å²) in [5.74, 6) is 1.56. The molecule has 3 aromatic rings. The molecule has 0 bridgehead atoms. The van der Waals surface area contributed by atoms with Gasteiger partial charge in [0, 0.05) is 25.6 Å². The maximum atomic E-state index is 6.12. The molecule has 120 valence electrons. The van der Waals surface area contributed by atoms with Gasteiger partial charge in [-0.3, -0.25) is 4.68 Å². The second kappa shape index (κ2) is 5.90. The van der Waals surface area contributed by atoms with Crippen LogP contribution in [0.5, 0.6) is 11.5 Å². The number of halogens is 1. The van der Waals surface area contributed by atoms with Gasteiger partial charge in [-0.05, 0) is 0 Å². The number of aryl methyl sites for hydroxylation is 1. The van der Waals surface area contributed by atoms with Gasteiger partial charge >= 0.3 is 0 Å². The summed E-state index contributed by atoms with van der Waals surface area (Å²) in [6, 6.07) is 3.94. The number of benzene rings is 1. The first-order valence-corrected chi connectivity index (χ1v) is 8.50. The number of nitrogens with one attached hydrogen (secondary N) is 1. The number of nitrogens with zero attached hydrogens (tertiary/aromatic N) is 3. The van der Waals surface area contributed by atoms with Crippen molar-refractivity contribution in [1.29, 1.82) is 0 Å². The van der Waals surface area contributed by atoms with Gasteiger partial charge in [-0.2, -0.15) is 5.10 Å². The third-order valence-corrected chi connectivity index (χ3v) is 4.97. The van der Waals surface area contributed by atoms with Gasteiger partial charge in [-0.1, -0.05) is 22.9 Å². The van der Waals surface area contributed by atoms with Crippen molar-refractivity contribution in [2.75, 3.05) is 18.5 Å². The van der Waals surface area contributed by atoms with Gasteiger partial charge in [-0.25, -0.2) is 4.98 Å². The number of fused-ring (bicyclic) bond motifs is 2. The molecule has 0 unspecified atom stereocenters. The first-order chi connectivity index (χ1) is 11.2.